The van der Waals surface area contributed by atoms with Gasteiger partial charge in [-0.2, -0.15) is 5.26 Å². The van der Waals surface area contributed by atoms with Crippen LogP contribution < -0.4 is 24.4 Å². The van der Waals surface area contributed by atoms with E-state index in [2.05, 4.69) is 11.1 Å². The number of thiazole rings is 1. The van der Waals surface area contributed by atoms with Gasteiger partial charge in [0.05, 0.1) is 46.2 Å². The summed E-state index contributed by atoms with van der Waals surface area (Å²) in [5, 5.41) is 9.94. The van der Waals surface area contributed by atoms with Gasteiger partial charge < -0.3 is 14.2 Å². The molecule has 1 aliphatic heterocycles. The number of carbonyl (C=O) groups excluding carboxylic acids is 1. The van der Waals surface area contributed by atoms with Crippen LogP contribution in [0.25, 0.3) is 6.08 Å². The van der Waals surface area contributed by atoms with Crippen molar-refractivity contribution in [2.24, 2.45) is 4.99 Å². The van der Waals surface area contributed by atoms with Crippen LogP contribution in [0.2, 0.25) is 5.02 Å². The first kappa shape index (κ1) is 30.8. The lowest BCUT2D eigenvalue weighted by Crippen LogP contribution is -2.40. The van der Waals surface area contributed by atoms with Gasteiger partial charge in [-0.25, -0.2) is 9.79 Å². The van der Waals surface area contributed by atoms with Gasteiger partial charge in [0.2, 0.25) is 0 Å². The molecule has 3 aromatic carbocycles. The summed E-state index contributed by atoms with van der Waals surface area (Å²) in [6, 6.07) is 21.2. The number of nitrogens with zero attached hydrogens (tertiary/aromatic N) is 3. The van der Waals surface area contributed by atoms with E-state index in [1.165, 1.54) is 15.9 Å². The Hall–Kier alpha value is -4.65. The predicted octanol–water partition coefficient (Wildman–Crippen LogP) is 5.69. The number of halogens is 1. The highest BCUT2D eigenvalue weighted by molar-refractivity contribution is 7.07. The van der Waals surface area contributed by atoms with Crippen molar-refractivity contribution in [3.8, 4) is 17.6 Å². The van der Waals surface area contributed by atoms with Crippen LogP contribution in [0.1, 0.15) is 56.0 Å². The molecule has 0 saturated carbocycles. The van der Waals surface area contributed by atoms with E-state index in [-0.39, 0.29) is 18.3 Å². The molecule has 8 nitrogen and oxygen atoms in total. The predicted molar refractivity (Wildman–Crippen MR) is 170 cm³/mol. The first-order valence-electron chi connectivity index (χ1n) is 14.1. The Kier molecular flexibility index (Phi) is 9.33. The van der Waals surface area contributed by atoms with Crippen LogP contribution in [-0.4, -0.2) is 23.2 Å². The molecule has 1 aliphatic rings. The van der Waals surface area contributed by atoms with Gasteiger partial charge in [0, 0.05) is 10.6 Å². The topological polar surface area (TPSA) is 103 Å². The molecule has 224 valence electrons. The molecule has 0 aliphatic carbocycles. The standard InChI is InChI=1S/C34H30ClN3O5S/c1-5-41-28-16-22(10-15-27(28)42-19-25-9-7-6-8-24(25)18-36)17-29-32(39)38-31(23-11-13-26(35)14-12-23)30(33(40)43-20(2)3)21(4)37-34(38)44-29/h6-17,20,31H,5,19H2,1-4H3/b29-17+/t31-/m1/s1. The van der Waals surface area contributed by atoms with Crippen molar-refractivity contribution in [3.05, 3.63) is 125 Å². The molecule has 0 radical (unpaired) electrons. The highest BCUT2D eigenvalue weighted by atomic mass is 35.5. The molecule has 4 aromatic rings. The summed E-state index contributed by atoms with van der Waals surface area (Å²) in [5.41, 5.74) is 3.25. The molecule has 0 bridgehead atoms. The van der Waals surface area contributed by atoms with Crippen LogP contribution in [0.15, 0.2) is 87.8 Å². The average Bonchev–Trinajstić information content (AvgIpc) is 3.30. The Labute approximate surface area is 263 Å². The lowest BCUT2D eigenvalue weighted by atomic mass is 9.96. The van der Waals surface area contributed by atoms with E-state index >= 15 is 0 Å². The quantitative estimate of drug-likeness (QED) is 0.221. The molecule has 44 heavy (non-hydrogen) atoms. The smallest absolute Gasteiger partial charge is 0.338 e. The third kappa shape index (κ3) is 6.47. The molecule has 1 atom stereocenters. The van der Waals surface area contributed by atoms with Crippen molar-refractivity contribution < 1.29 is 19.0 Å². The molecule has 1 aromatic heterocycles. The molecule has 0 unspecified atom stereocenters. The Morgan fingerprint density at radius 2 is 1.86 bits per heavy atom. The Bertz CT molecular complexity index is 1970. The zero-order valence-corrected chi connectivity index (χ0v) is 26.2. The molecular weight excluding hydrogens is 598 g/mol. The van der Waals surface area contributed by atoms with Gasteiger partial charge in [0.1, 0.15) is 6.61 Å². The summed E-state index contributed by atoms with van der Waals surface area (Å²) in [5.74, 6) is 0.506. The molecule has 5 rings (SSSR count). The highest BCUT2D eigenvalue weighted by Gasteiger charge is 2.33. The third-order valence-corrected chi connectivity index (χ3v) is 8.09. The van der Waals surface area contributed by atoms with Crippen molar-refractivity contribution in [1.82, 2.24) is 4.57 Å². The van der Waals surface area contributed by atoms with Crippen LogP contribution in [0, 0.1) is 11.3 Å². The van der Waals surface area contributed by atoms with Gasteiger partial charge >= 0.3 is 5.97 Å². The maximum atomic E-state index is 14.0. The molecule has 0 spiro atoms. The summed E-state index contributed by atoms with van der Waals surface area (Å²) in [4.78, 5) is 32.4. The number of fused-ring (bicyclic) bond motifs is 1. The summed E-state index contributed by atoms with van der Waals surface area (Å²) in [7, 11) is 0. The summed E-state index contributed by atoms with van der Waals surface area (Å²) in [6.45, 7) is 7.79. The van der Waals surface area contributed by atoms with Crippen molar-refractivity contribution in [3.63, 3.8) is 0 Å². The number of esters is 1. The van der Waals surface area contributed by atoms with Gasteiger partial charge in [0.25, 0.3) is 5.56 Å². The minimum atomic E-state index is -0.733. The van der Waals surface area contributed by atoms with Gasteiger partial charge in [-0.1, -0.05) is 59.3 Å². The van der Waals surface area contributed by atoms with Crippen molar-refractivity contribution in [2.45, 2.75) is 46.4 Å². The molecule has 2 heterocycles. The van der Waals surface area contributed by atoms with Crippen LogP contribution in [0.3, 0.4) is 0 Å². The van der Waals surface area contributed by atoms with Gasteiger partial charge in [0.15, 0.2) is 16.3 Å². The Balaban J connectivity index is 1.55. The maximum absolute atomic E-state index is 14.0. The van der Waals surface area contributed by atoms with Gasteiger partial charge in [-0.15, -0.1) is 0 Å². The lowest BCUT2D eigenvalue weighted by Gasteiger charge is -2.25. The second-order valence-corrected chi connectivity index (χ2v) is 11.7. The first-order valence-corrected chi connectivity index (χ1v) is 15.3. The average molecular weight is 628 g/mol. The van der Waals surface area contributed by atoms with E-state index in [4.69, 9.17) is 25.8 Å². The van der Waals surface area contributed by atoms with Crippen LogP contribution in [0.4, 0.5) is 0 Å². The number of rotatable bonds is 9. The fraction of sp³-hybridized carbons (Fsp3) is 0.235. The third-order valence-electron chi connectivity index (χ3n) is 6.86. The van der Waals surface area contributed by atoms with E-state index in [1.54, 1.807) is 69.3 Å². The van der Waals surface area contributed by atoms with Crippen molar-refractivity contribution in [1.29, 1.82) is 5.26 Å². The normalized spacial score (nSPS) is 14.6. The monoisotopic (exact) mass is 627 g/mol. The fourth-order valence-corrected chi connectivity index (χ4v) is 6.06. The summed E-state index contributed by atoms with van der Waals surface area (Å²) >= 11 is 7.40. The molecule has 10 heteroatoms. The zero-order valence-electron chi connectivity index (χ0n) is 24.7. The maximum Gasteiger partial charge on any atom is 0.338 e. The zero-order chi connectivity index (χ0) is 31.4. The number of benzene rings is 3. The highest BCUT2D eigenvalue weighted by Crippen LogP contribution is 2.32. The van der Waals surface area contributed by atoms with E-state index in [0.717, 1.165) is 11.1 Å². The first-order chi connectivity index (χ1) is 21.2. The second-order valence-electron chi connectivity index (χ2n) is 10.3. The number of hydrogen-bond donors (Lipinski definition) is 0. The van der Waals surface area contributed by atoms with Crippen LogP contribution in [0.5, 0.6) is 11.5 Å². The van der Waals surface area contributed by atoms with E-state index in [1.807, 2.05) is 31.2 Å². The van der Waals surface area contributed by atoms with Gasteiger partial charge in [-0.05, 0) is 75.2 Å². The van der Waals surface area contributed by atoms with Gasteiger partial charge in [-0.3, -0.25) is 9.36 Å². The summed E-state index contributed by atoms with van der Waals surface area (Å²) < 4.78 is 19.4. The fourth-order valence-electron chi connectivity index (χ4n) is 4.88. The van der Waals surface area contributed by atoms with E-state index in [0.29, 0.717) is 54.9 Å². The molecular formula is C34H30ClN3O5S. The second kappa shape index (κ2) is 13.3. The van der Waals surface area contributed by atoms with Crippen LogP contribution >= 0.6 is 22.9 Å². The number of nitriles is 1. The minimum absolute atomic E-state index is 0.202. The van der Waals surface area contributed by atoms with Crippen LogP contribution in [-0.2, 0) is 16.1 Å². The molecule has 0 amide bonds. The minimum Gasteiger partial charge on any atom is -0.490 e. The number of hydrogen-bond acceptors (Lipinski definition) is 8. The van der Waals surface area contributed by atoms with Crippen molar-refractivity contribution in [2.75, 3.05) is 6.61 Å². The molecule has 0 saturated heterocycles. The summed E-state index contributed by atoms with van der Waals surface area (Å²) in [6.07, 6.45) is 1.43. The number of allylic oxidation sites excluding steroid dienone is 1. The van der Waals surface area contributed by atoms with E-state index in [9.17, 15) is 14.9 Å². The molecule has 0 fully saturated rings. The number of ether oxygens (including phenoxy) is 3. The lowest BCUT2D eigenvalue weighted by molar-refractivity contribution is -0.143. The Morgan fingerprint density at radius 3 is 2.57 bits per heavy atom. The SMILES string of the molecule is CCOc1cc(/C=c2/sc3n(c2=O)[C@H](c2ccc(Cl)cc2)C(C(=O)OC(C)C)=C(C)N=3)ccc1OCc1ccccc1C#N. The van der Waals surface area contributed by atoms with E-state index < -0.39 is 12.0 Å². The van der Waals surface area contributed by atoms with Crippen molar-refractivity contribution >= 4 is 35.0 Å². The number of carbonyl (C=O) groups is 1. The Morgan fingerprint density at radius 1 is 1.11 bits per heavy atom. The number of aromatic nitrogens is 1. The molecule has 0 N–H and O–H groups in total. The largest absolute Gasteiger partial charge is 0.490 e.